The highest BCUT2D eigenvalue weighted by molar-refractivity contribution is 6.30. The molecule has 0 fully saturated rings. The van der Waals surface area contributed by atoms with Gasteiger partial charge in [0, 0.05) is 22.3 Å². The SMILES string of the molecule is CCOC(=O)c1ccc(NC(=O)COc2ccc3oc(-c4ccc(Cl)cc4)cc(=O)c3c2)cc1. The number of amides is 1. The molecule has 1 N–H and O–H groups in total. The van der Waals surface area contributed by atoms with Crippen molar-refractivity contribution in [2.75, 3.05) is 18.5 Å². The van der Waals surface area contributed by atoms with Crippen molar-refractivity contribution < 1.29 is 23.5 Å². The summed E-state index contributed by atoms with van der Waals surface area (Å²) in [6.45, 7) is 1.75. The largest absolute Gasteiger partial charge is 0.484 e. The number of hydrogen-bond acceptors (Lipinski definition) is 6. The molecule has 0 bridgehead atoms. The zero-order chi connectivity index (χ0) is 24.1. The topological polar surface area (TPSA) is 94.8 Å². The highest BCUT2D eigenvalue weighted by Gasteiger charge is 2.11. The van der Waals surface area contributed by atoms with Crippen LogP contribution in [0.15, 0.2) is 82.0 Å². The fraction of sp³-hybridized carbons (Fsp3) is 0.115. The van der Waals surface area contributed by atoms with Crippen LogP contribution in [0.4, 0.5) is 5.69 Å². The molecule has 0 aliphatic rings. The highest BCUT2D eigenvalue weighted by atomic mass is 35.5. The molecule has 4 rings (SSSR count). The van der Waals surface area contributed by atoms with Crippen LogP contribution >= 0.6 is 11.6 Å². The number of ether oxygens (including phenoxy) is 2. The van der Waals surface area contributed by atoms with Gasteiger partial charge < -0.3 is 19.2 Å². The predicted molar refractivity (Wildman–Crippen MR) is 129 cm³/mol. The second-order valence-electron chi connectivity index (χ2n) is 7.27. The Kier molecular flexibility index (Phi) is 6.94. The van der Waals surface area contributed by atoms with Crippen LogP contribution in [0.5, 0.6) is 5.75 Å². The van der Waals surface area contributed by atoms with Crippen molar-refractivity contribution in [3.63, 3.8) is 0 Å². The van der Waals surface area contributed by atoms with Gasteiger partial charge in [0.1, 0.15) is 17.1 Å². The minimum atomic E-state index is -0.426. The van der Waals surface area contributed by atoms with Crippen molar-refractivity contribution in [2.24, 2.45) is 0 Å². The lowest BCUT2D eigenvalue weighted by Gasteiger charge is -2.09. The van der Waals surface area contributed by atoms with Gasteiger partial charge in [-0.2, -0.15) is 0 Å². The van der Waals surface area contributed by atoms with Gasteiger partial charge in [0.15, 0.2) is 12.0 Å². The average molecular weight is 478 g/mol. The van der Waals surface area contributed by atoms with Gasteiger partial charge in [-0.1, -0.05) is 11.6 Å². The maximum atomic E-state index is 12.6. The van der Waals surface area contributed by atoms with Crippen LogP contribution in [-0.2, 0) is 9.53 Å². The van der Waals surface area contributed by atoms with Crippen LogP contribution < -0.4 is 15.5 Å². The van der Waals surface area contributed by atoms with Crippen molar-refractivity contribution in [1.29, 1.82) is 0 Å². The number of rotatable bonds is 7. The van der Waals surface area contributed by atoms with Crippen LogP contribution in [-0.4, -0.2) is 25.1 Å². The first-order valence-electron chi connectivity index (χ1n) is 10.5. The first-order valence-corrected chi connectivity index (χ1v) is 10.8. The van der Waals surface area contributed by atoms with Gasteiger partial charge in [0.25, 0.3) is 5.91 Å². The summed E-state index contributed by atoms with van der Waals surface area (Å²) in [6, 6.07) is 19.5. The third-order valence-corrected chi connectivity index (χ3v) is 5.13. The molecule has 0 atom stereocenters. The Morgan fingerprint density at radius 1 is 0.971 bits per heavy atom. The minimum absolute atomic E-state index is 0.234. The number of fused-ring (bicyclic) bond motifs is 1. The van der Waals surface area contributed by atoms with Crippen LogP contribution in [0.1, 0.15) is 17.3 Å². The molecule has 0 unspecified atom stereocenters. The number of benzene rings is 3. The molecule has 0 spiro atoms. The molecule has 1 heterocycles. The van der Waals surface area contributed by atoms with E-state index in [1.54, 1.807) is 67.6 Å². The van der Waals surface area contributed by atoms with Crippen molar-refractivity contribution in [3.05, 3.63) is 93.6 Å². The van der Waals surface area contributed by atoms with E-state index in [4.69, 9.17) is 25.5 Å². The monoisotopic (exact) mass is 477 g/mol. The van der Waals surface area contributed by atoms with Crippen molar-refractivity contribution >= 4 is 40.1 Å². The van der Waals surface area contributed by atoms with E-state index >= 15 is 0 Å². The Morgan fingerprint density at radius 2 is 1.71 bits per heavy atom. The van der Waals surface area contributed by atoms with Crippen molar-refractivity contribution in [2.45, 2.75) is 6.92 Å². The Hall–Kier alpha value is -4.10. The zero-order valence-electron chi connectivity index (χ0n) is 18.2. The standard InChI is InChI=1S/C26H20ClNO6/c1-2-32-26(31)17-5-9-19(10-6-17)28-25(30)15-33-20-11-12-23-21(13-20)22(29)14-24(34-23)16-3-7-18(27)8-4-16/h3-14H,2,15H2,1H3,(H,28,30). The number of esters is 1. The molecule has 8 heteroatoms. The number of carbonyl (C=O) groups excluding carboxylic acids is 2. The Morgan fingerprint density at radius 3 is 2.41 bits per heavy atom. The fourth-order valence-electron chi connectivity index (χ4n) is 3.23. The smallest absolute Gasteiger partial charge is 0.338 e. The molecule has 3 aromatic carbocycles. The highest BCUT2D eigenvalue weighted by Crippen LogP contribution is 2.25. The molecule has 0 saturated heterocycles. The van der Waals surface area contributed by atoms with Gasteiger partial charge in [-0.25, -0.2) is 4.79 Å². The number of anilines is 1. The van der Waals surface area contributed by atoms with E-state index in [9.17, 15) is 14.4 Å². The molecule has 0 aliphatic heterocycles. The number of hydrogen-bond donors (Lipinski definition) is 1. The summed E-state index contributed by atoms with van der Waals surface area (Å²) >= 11 is 5.92. The van der Waals surface area contributed by atoms with Gasteiger partial charge in [-0.15, -0.1) is 0 Å². The maximum Gasteiger partial charge on any atom is 0.338 e. The van der Waals surface area contributed by atoms with Gasteiger partial charge in [0.05, 0.1) is 17.6 Å². The lowest BCUT2D eigenvalue weighted by molar-refractivity contribution is -0.118. The Bertz CT molecular complexity index is 1390. The summed E-state index contributed by atoms with van der Waals surface area (Å²) in [6.07, 6.45) is 0. The van der Waals surface area contributed by atoms with E-state index in [1.807, 2.05) is 0 Å². The lowest BCUT2D eigenvalue weighted by Crippen LogP contribution is -2.20. The minimum Gasteiger partial charge on any atom is -0.484 e. The molecule has 4 aromatic rings. The van der Waals surface area contributed by atoms with Gasteiger partial charge in [-0.05, 0) is 73.7 Å². The van der Waals surface area contributed by atoms with Crippen LogP contribution in [0.3, 0.4) is 0 Å². The Labute approximate surface area is 199 Å². The molecule has 0 aliphatic carbocycles. The van der Waals surface area contributed by atoms with Crippen molar-refractivity contribution in [1.82, 2.24) is 0 Å². The van der Waals surface area contributed by atoms with E-state index < -0.39 is 11.9 Å². The summed E-state index contributed by atoms with van der Waals surface area (Å²) in [4.78, 5) is 36.6. The summed E-state index contributed by atoms with van der Waals surface area (Å²) in [5, 5.41) is 3.61. The van der Waals surface area contributed by atoms with Gasteiger partial charge >= 0.3 is 5.97 Å². The molecule has 7 nitrogen and oxygen atoms in total. The Balaban J connectivity index is 1.41. The van der Waals surface area contributed by atoms with E-state index in [2.05, 4.69) is 5.32 Å². The summed E-state index contributed by atoms with van der Waals surface area (Å²) in [7, 11) is 0. The molecular formula is C26H20ClNO6. The second-order valence-corrected chi connectivity index (χ2v) is 7.71. The normalized spacial score (nSPS) is 10.6. The summed E-state index contributed by atoms with van der Waals surface area (Å²) in [5.41, 5.74) is 1.80. The van der Waals surface area contributed by atoms with Gasteiger partial charge in [0.2, 0.25) is 0 Å². The third kappa shape index (κ3) is 5.44. The number of carbonyl (C=O) groups is 2. The predicted octanol–water partition coefficient (Wildman–Crippen LogP) is 5.31. The molecule has 172 valence electrons. The van der Waals surface area contributed by atoms with E-state index in [-0.39, 0.29) is 18.6 Å². The van der Waals surface area contributed by atoms with E-state index in [1.165, 1.54) is 12.1 Å². The number of nitrogens with one attached hydrogen (secondary N) is 1. The van der Waals surface area contributed by atoms with Crippen molar-refractivity contribution in [3.8, 4) is 17.1 Å². The van der Waals surface area contributed by atoms with Crippen LogP contribution in [0.2, 0.25) is 5.02 Å². The van der Waals surface area contributed by atoms with Crippen LogP contribution in [0.25, 0.3) is 22.3 Å². The summed E-state index contributed by atoms with van der Waals surface area (Å²) in [5.74, 6) is -0.0399. The average Bonchev–Trinajstić information content (AvgIpc) is 2.84. The van der Waals surface area contributed by atoms with E-state index in [0.717, 1.165) is 5.56 Å². The number of halogens is 1. The quantitative estimate of drug-likeness (QED) is 0.362. The maximum absolute atomic E-state index is 12.6. The summed E-state index contributed by atoms with van der Waals surface area (Å²) < 4.78 is 16.3. The fourth-order valence-corrected chi connectivity index (χ4v) is 3.36. The molecule has 1 aromatic heterocycles. The molecule has 0 radical (unpaired) electrons. The molecular weight excluding hydrogens is 458 g/mol. The van der Waals surface area contributed by atoms with Crippen LogP contribution in [0, 0.1) is 0 Å². The first kappa shape index (κ1) is 23.1. The first-order chi connectivity index (χ1) is 16.4. The van der Waals surface area contributed by atoms with E-state index in [0.29, 0.717) is 38.8 Å². The molecule has 1 amide bonds. The zero-order valence-corrected chi connectivity index (χ0v) is 18.9. The second kappa shape index (κ2) is 10.2. The molecule has 34 heavy (non-hydrogen) atoms. The molecule has 0 saturated carbocycles. The lowest BCUT2D eigenvalue weighted by atomic mass is 10.1. The van der Waals surface area contributed by atoms with Gasteiger partial charge in [-0.3, -0.25) is 9.59 Å². The third-order valence-electron chi connectivity index (χ3n) is 4.88.